The predicted octanol–water partition coefficient (Wildman–Crippen LogP) is 3.47. The Balaban J connectivity index is 1.92. The number of hydrogen-bond donors (Lipinski definition) is 0. The van der Waals surface area contributed by atoms with Crippen LogP contribution in [0, 0.1) is 13.8 Å². The molecule has 2 aliphatic rings. The Kier molecular flexibility index (Phi) is 3.91. The van der Waals surface area contributed by atoms with E-state index in [4.69, 9.17) is 0 Å². The molecule has 0 aromatic heterocycles. The highest BCUT2D eigenvalue weighted by Gasteiger charge is 2.42. The van der Waals surface area contributed by atoms with E-state index in [9.17, 15) is 9.59 Å². The number of amides is 2. The second-order valence-electron chi connectivity index (χ2n) is 6.91. The fourth-order valence-electron chi connectivity index (χ4n) is 3.83. The van der Waals surface area contributed by atoms with Gasteiger partial charge in [-0.25, -0.2) is 0 Å². The molecule has 0 N–H and O–H groups in total. The standard InChI is InChI=1S/C22H22N2O2/c1-4-23-21(25)19(17-10-9-14(2)15(3)13-17)20(22(23)26)24-12-11-16-7-5-6-8-18(16)24/h5-10,13H,4,11-12H2,1-3H3. The lowest BCUT2D eigenvalue weighted by Gasteiger charge is -2.21. The topological polar surface area (TPSA) is 40.6 Å². The quantitative estimate of drug-likeness (QED) is 0.799. The van der Waals surface area contributed by atoms with Crippen molar-refractivity contribution in [2.24, 2.45) is 0 Å². The number of carbonyl (C=O) groups is 2. The van der Waals surface area contributed by atoms with Gasteiger partial charge in [-0.3, -0.25) is 14.5 Å². The molecule has 132 valence electrons. The van der Waals surface area contributed by atoms with Gasteiger partial charge in [0, 0.05) is 18.8 Å². The van der Waals surface area contributed by atoms with Crippen molar-refractivity contribution < 1.29 is 9.59 Å². The number of hydrogen-bond acceptors (Lipinski definition) is 3. The van der Waals surface area contributed by atoms with E-state index in [1.54, 1.807) is 0 Å². The van der Waals surface area contributed by atoms with Crippen LogP contribution in [0.25, 0.3) is 5.57 Å². The van der Waals surface area contributed by atoms with Gasteiger partial charge in [0.1, 0.15) is 5.70 Å². The Morgan fingerprint density at radius 2 is 1.73 bits per heavy atom. The highest BCUT2D eigenvalue weighted by atomic mass is 16.2. The number of likely N-dealkylation sites (N-methyl/N-ethyl adjacent to an activating group) is 1. The Bertz CT molecular complexity index is 958. The minimum atomic E-state index is -0.194. The number of para-hydroxylation sites is 1. The van der Waals surface area contributed by atoms with Crippen LogP contribution in [0.1, 0.15) is 29.2 Å². The molecular weight excluding hydrogens is 324 g/mol. The third-order valence-corrected chi connectivity index (χ3v) is 5.41. The van der Waals surface area contributed by atoms with E-state index in [-0.39, 0.29) is 11.8 Å². The first-order valence-corrected chi connectivity index (χ1v) is 9.06. The summed E-state index contributed by atoms with van der Waals surface area (Å²) < 4.78 is 0. The summed E-state index contributed by atoms with van der Waals surface area (Å²) in [7, 11) is 0. The zero-order valence-electron chi connectivity index (χ0n) is 15.4. The summed E-state index contributed by atoms with van der Waals surface area (Å²) in [6.45, 7) is 7.02. The number of benzene rings is 2. The normalized spacial score (nSPS) is 16.7. The van der Waals surface area contributed by atoms with E-state index in [1.165, 1.54) is 16.0 Å². The molecule has 2 aliphatic heterocycles. The molecule has 4 rings (SSSR count). The summed E-state index contributed by atoms with van der Waals surface area (Å²) in [6, 6.07) is 14.1. The van der Waals surface area contributed by atoms with Gasteiger partial charge in [-0.05, 0) is 55.5 Å². The Morgan fingerprint density at radius 3 is 2.46 bits per heavy atom. The molecule has 2 aromatic rings. The maximum Gasteiger partial charge on any atom is 0.278 e. The van der Waals surface area contributed by atoms with E-state index in [1.807, 2.05) is 62.1 Å². The van der Waals surface area contributed by atoms with Crippen LogP contribution in [0.15, 0.2) is 48.2 Å². The van der Waals surface area contributed by atoms with Crippen LogP contribution in [0.5, 0.6) is 0 Å². The average molecular weight is 346 g/mol. The van der Waals surface area contributed by atoms with Crippen molar-refractivity contribution in [3.05, 3.63) is 70.4 Å². The lowest BCUT2D eigenvalue weighted by atomic mass is 9.99. The molecule has 0 atom stereocenters. The number of carbonyl (C=O) groups excluding carboxylic acids is 2. The zero-order chi connectivity index (χ0) is 18.4. The number of fused-ring (bicyclic) bond motifs is 1. The molecule has 2 aromatic carbocycles. The van der Waals surface area contributed by atoms with Crippen LogP contribution < -0.4 is 4.90 Å². The predicted molar refractivity (Wildman–Crippen MR) is 103 cm³/mol. The fraction of sp³-hybridized carbons (Fsp3) is 0.273. The van der Waals surface area contributed by atoms with Crippen molar-refractivity contribution in [1.29, 1.82) is 0 Å². The molecule has 26 heavy (non-hydrogen) atoms. The van der Waals surface area contributed by atoms with Crippen molar-refractivity contribution >= 4 is 23.1 Å². The van der Waals surface area contributed by atoms with E-state index in [0.29, 0.717) is 17.8 Å². The zero-order valence-corrected chi connectivity index (χ0v) is 15.4. The number of anilines is 1. The van der Waals surface area contributed by atoms with Crippen LogP contribution in [0.2, 0.25) is 0 Å². The van der Waals surface area contributed by atoms with Gasteiger partial charge in [0.25, 0.3) is 11.8 Å². The van der Waals surface area contributed by atoms with Crippen molar-refractivity contribution in [1.82, 2.24) is 4.90 Å². The summed E-state index contributed by atoms with van der Waals surface area (Å²) in [6.07, 6.45) is 0.882. The van der Waals surface area contributed by atoms with Crippen LogP contribution in [0.3, 0.4) is 0 Å². The second kappa shape index (κ2) is 6.13. The molecule has 2 amide bonds. The van der Waals surface area contributed by atoms with Gasteiger partial charge in [-0.2, -0.15) is 0 Å². The SMILES string of the molecule is CCN1C(=O)C(c2ccc(C)c(C)c2)=C(N2CCc3ccccc32)C1=O. The van der Waals surface area contributed by atoms with Crippen LogP contribution in [-0.2, 0) is 16.0 Å². The molecule has 0 spiro atoms. The van der Waals surface area contributed by atoms with Crippen molar-refractivity contribution in [3.8, 4) is 0 Å². The van der Waals surface area contributed by atoms with Crippen LogP contribution in [-0.4, -0.2) is 29.8 Å². The summed E-state index contributed by atoms with van der Waals surface area (Å²) in [4.78, 5) is 29.5. The number of rotatable bonds is 3. The van der Waals surface area contributed by atoms with Gasteiger partial charge in [0.05, 0.1) is 5.57 Å². The minimum absolute atomic E-state index is 0.192. The maximum atomic E-state index is 13.1. The Labute approximate surface area is 153 Å². The summed E-state index contributed by atoms with van der Waals surface area (Å²) in [5.74, 6) is -0.387. The smallest absolute Gasteiger partial charge is 0.278 e. The number of nitrogens with zero attached hydrogens (tertiary/aromatic N) is 2. The van der Waals surface area contributed by atoms with Gasteiger partial charge in [-0.1, -0.05) is 36.4 Å². The first kappa shape index (κ1) is 16.6. The largest absolute Gasteiger partial charge is 0.336 e. The van der Waals surface area contributed by atoms with Crippen molar-refractivity contribution in [3.63, 3.8) is 0 Å². The summed E-state index contributed by atoms with van der Waals surface area (Å²) in [5.41, 5.74) is 6.40. The third kappa shape index (κ3) is 2.37. The molecule has 0 fully saturated rings. The lowest BCUT2D eigenvalue weighted by molar-refractivity contribution is -0.136. The highest BCUT2D eigenvalue weighted by molar-refractivity contribution is 6.36. The van der Waals surface area contributed by atoms with Gasteiger partial charge >= 0.3 is 0 Å². The molecule has 0 radical (unpaired) electrons. The summed E-state index contributed by atoms with van der Waals surface area (Å²) in [5, 5.41) is 0. The van der Waals surface area contributed by atoms with Gasteiger partial charge in [-0.15, -0.1) is 0 Å². The van der Waals surface area contributed by atoms with Gasteiger partial charge in [0.2, 0.25) is 0 Å². The average Bonchev–Trinajstić information content (AvgIpc) is 3.16. The minimum Gasteiger partial charge on any atom is -0.336 e. The third-order valence-electron chi connectivity index (χ3n) is 5.41. The van der Waals surface area contributed by atoms with E-state index < -0.39 is 0 Å². The van der Waals surface area contributed by atoms with E-state index in [0.717, 1.165) is 29.8 Å². The monoisotopic (exact) mass is 346 g/mol. The number of aryl methyl sites for hydroxylation is 2. The summed E-state index contributed by atoms with van der Waals surface area (Å²) >= 11 is 0. The van der Waals surface area contributed by atoms with Crippen LogP contribution in [0.4, 0.5) is 5.69 Å². The van der Waals surface area contributed by atoms with Crippen molar-refractivity contribution in [2.45, 2.75) is 27.2 Å². The first-order valence-electron chi connectivity index (χ1n) is 9.06. The van der Waals surface area contributed by atoms with Crippen LogP contribution >= 0.6 is 0 Å². The molecule has 0 bridgehead atoms. The van der Waals surface area contributed by atoms with E-state index in [2.05, 4.69) is 6.07 Å². The Morgan fingerprint density at radius 1 is 0.962 bits per heavy atom. The molecule has 4 heteroatoms. The fourth-order valence-corrected chi connectivity index (χ4v) is 3.83. The van der Waals surface area contributed by atoms with Gasteiger partial charge in [0.15, 0.2) is 0 Å². The molecule has 4 nitrogen and oxygen atoms in total. The molecule has 0 saturated carbocycles. The first-order chi connectivity index (χ1) is 12.5. The molecule has 2 heterocycles. The second-order valence-corrected chi connectivity index (χ2v) is 6.91. The van der Waals surface area contributed by atoms with Crippen molar-refractivity contribution in [2.75, 3.05) is 18.0 Å². The van der Waals surface area contributed by atoms with E-state index >= 15 is 0 Å². The molecule has 0 saturated heterocycles. The van der Waals surface area contributed by atoms with Gasteiger partial charge < -0.3 is 4.90 Å². The molecule has 0 aliphatic carbocycles. The molecule has 0 unspecified atom stereocenters. The lowest BCUT2D eigenvalue weighted by Crippen LogP contribution is -2.34. The number of imide groups is 1. The Hall–Kier alpha value is -2.88. The molecular formula is C22H22N2O2. The maximum absolute atomic E-state index is 13.1. The highest BCUT2D eigenvalue weighted by Crippen LogP contribution is 2.38.